The van der Waals surface area contributed by atoms with Gasteiger partial charge in [0.05, 0.1) is 5.56 Å². The zero-order valence-electron chi connectivity index (χ0n) is 13.8. The third-order valence-electron chi connectivity index (χ3n) is 3.73. The van der Waals surface area contributed by atoms with Crippen molar-refractivity contribution in [3.8, 4) is 0 Å². The number of ether oxygens (including phenoxy) is 1. The summed E-state index contributed by atoms with van der Waals surface area (Å²) >= 11 is 0. The third-order valence-corrected chi connectivity index (χ3v) is 6.23. The quantitative estimate of drug-likeness (QED) is 0.386. The minimum absolute atomic E-state index is 0.210. The van der Waals surface area contributed by atoms with E-state index in [2.05, 4.69) is 30.8 Å². The highest BCUT2D eigenvalue weighted by Crippen LogP contribution is 2.34. The minimum atomic E-state index is -0.841. The maximum Gasteiger partial charge on any atom is 0.339 e. The SMILES string of the molecule is C=CCOC(=O)c1ccccc1P(c1ccccc1)c1ccccc1. The fraction of sp³-hybridized carbons (Fsp3) is 0.0455. The Bertz CT molecular complexity index is 805. The molecule has 2 nitrogen and oxygen atoms in total. The van der Waals surface area contributed by atoms with Crippen molar-refractivity contribution in [2.75, 3.05) is 6.61 Å². The fourth-order valence-electron chi connectivity index (χ4n) is 2.63. The predicted molar refractivity (Wildman–Crippen MR) is 106 cm³/mol. The number of carbonyl (C=O) groups excluding carboxylic acids is 1. The highest BCUT2D eigenvalue weighted by molar-refractivity contribution is 7.80. The normalized spacial score (nSPS) is 10.4. The molecule has 3 aromatic carbocycles. The second-order valence-corrected chi connectivity index (χ2v) is 7.60. The first-order chi connectivity index (χ1) is 12.3. The van der Waals surface area contributed by atoms with Crippen LogP contribution in [-0.2, 0) is 4.74 Å². The first kappa shape index (κ1) is 17.1. The van der Waals surface area contributed by atoms with E-state index >= 15 is 0 Å². The molecule has 3 heteroatoms. The van der Waals surface area contributed by atoms with Gasteiger partial charge < -0.3 is 4.74 Å². The summed E-state index contributed by atoms with van der Waals surface area (Å²) < 4.78 is 5.29. The van der Waals surface area contributed by atoms with Gasteiger partial charge in [-0.25, -0.2) is 4.79 Å². The molecule has 124 valence electrons. The summed E-state index contributed by atoms with van der Waals surface area (Å²) in [5.74, 6) is -0.310. The predicted octanol–water partition coefficient (Wildman–Crippen LogP) is 3.79. The monoisotopic (exact) mass is 346 g/mol. The summed E-state index contributed by atoms with van der Waals surface area (Å²) in [7, 11) is -0.841. The van der Waals surface area contributed by atoms with Gasteiger partial charge in [0.25, 0.3) is 0 Å². The van der Waals surface area contributed by atoms with Gasteiger partial charge in [-0.05, 0) is 29.9 Å². The average molecular weight is 346 g/mol. The van der Waals surface area contributed by atoms with Crippen molar-refractivity contribution in [1.29, 1.82) is 0 Å². The number of benzene rings is 3. The van der Waals surface area contributed by atoms with Crippen LogP contribution in [-0.4, -0.2) is 12.6 Å². The number of esters is 1. The van der Waals surface area contributed by atoms with Crippen LogP contribution in [0.15, 0.2) is 97.6 Å². The molecular formula is C22H19O2P. The van der Waals surface area contributed by atoms with Crippen LogP contribution in [0.5, 0.6) is 0 Å². The Hall–Kier alpha value is -2.70. The first-order valence-electron chi connectivity index (χ1n) is 8.08. The lowest BCUT2D eigenvalue weighted by Crippen LogP contribution is -2.25. The Morgan fingerprint density at radius 1 is 0.840 bits per heavy atom. The molecule has 0 aromatic heterocycles. The largest absolute Gasteiger partial charge is 0.458 e. The van der Waals surface area contributed by atoms with Crippen molar-refractivity contribution in [1.82, 2.24) is 0 Å². The Labute approximate surface area is 149 Å². The Kier molecular flexibility index (Phi) is 5.77. The van der Waals surface area contributed by atoms with Gasteiger partial charge in [0, 0.05) is 0 Å². The highest BCUT2D eigenvalue weighted by Gasteiger charge is 2.22. The molecule has 25 heavy (non-hydrogen) atoms. The molecule has 0 amide bonds. The third kappa shape index (κ3) is 4.04. The van der Waals surface area contributed by atoms with E-state index in [1.54, 1.807) is 6.08 Å². The molecule has 3 rings (SSSR count). The summed E-state index contributed by atoms with van der Waals surface area (Å²) in [6.07, 6.45) is 1.58. The second kappa shape index (κ2) is 8.41. The fourth-order valence-corrected chi connectivity index (χ4v) is 5.07. The molecule has 0 unspecified atom stereocenters. The Morgan fingerprint density at radius 2 is 1.36 bits per heavy atom. The maximum atomic E-state index is 12.5. The standard InChI is InChI=1S/C22H19O2P/c1-2-17-24-22(23)20-15-9-10-16-21(20)25(18-11-5-3-6-12-18)19-13-7-4-8-14-19/h2-16H,1,17H2. The zero-order valence-corrected chi connectivity index (χ0v) is 14.7. The van der Waals surface area contributed by atoms with E-state index in [1.807, 2.05) is 60.7 Å². The Balaban J connectivity index is 2.12. The van der Waals surface area contributed by atoms with Gasteiger partial charge in [0.1, 0.15) is 6.61 Å². The van der Waals surface area contributed by atoms with Crippen LogP contribution in [0.25, 0.3) is 0 Å². The van der Waals surface area contributed by atoms with Crippen LogP contribution < -0.4 is 15.9 Å². The van der Waals surface area contributed by atoms with E-state index in [-0.39, 0.29) is 12.6 Å². The van der Waals surface area contributed by atoms with E-state index in [4.69, 9.17) is 4.74 Å². The van der Waals surface area contributed by atoms with Crippen molar-refractivity contribution >= 4 is 29.8 Å². The highest BCUT2D eigenvalue weighted by atomic mass is 31.1. The lowest BCUT2D eigenvalue weighted by Gasteiger charge is -2.21. The van der Waals surface area contributed by atoms with Gasteiger partial charge in [0.15, 0.2) is 0 Å². The van der Waals surface area contributed by atoms with E-state index in [0.29, 0.717) is 5.56 Å². The van der Waals surface area contributed by atoms with Gasteiger partial charge >= 0.3 is 5.97 Å². The summed E-state index contributed by atoms with van der Waals surface area (Å²) in [5.41, 5.74) is 0.614. The van der Waals surface area contributed by atoms with Gasteiger partial charge in [-0.15, -0.1) is 0 Å². The molecule has 0 aliphatic carbocycles. The molecule has 0 N–H and O–H groups in total. The Morgan fingerprint density at radius 3 is 1.92 bits per heavy atom. The lowest BCUT2D eigenvalue weighted by molar-refractivity contribution is 0.0551. The average Bonchev–Trinajstić information content (AvgIpc) is 2.68. The molecule has 0 atom stereocenters. The van der Waals surface area contributed by atoms with Crippen LogP contribution >= 0.6 is 7.92 Å². The van der Waals surface area contributed by atoms with Crippen LogP contribution in [0, 0.1) is 0 Å². The summed E-state index contributed by atoms with van der Waals surface area (Å²) in [6, 6.07) is 28.3. The van der Waals surface area contributed by atoms with Crippen molar-refractivity contribution < 1.29 is 9.53 Å². The molecule has 0 aliphatic rings. The number of rotatable bonds is 6. The molecule has 0 saturated carbocycles. The molecule has 0 radical (unpaired) electrons. The minimum Gasteiger partial charge on any atom is -0.458 e. The van der Waals surface area contributed by atoms with Crippen molar-refractivity contribution in [2.45, 2.75) is 0 Å². The van der Waals surface area contributed by atoms with E-state index < -0.39 is 7.92 Å². The second-order valence-electron chi connectivity index (χ2n) is 5.41. The van der Waals surface area contributed by atoms with Crippen molar-refractivity contribution in [3.05, 3.63) is 103 Å². The first-order valence-corrected chi connectivity index (χ1v) is 9.42. The lowest BCUT2D eigenvalue weighted by atomic mass is 10.2. The van der Waals surface area contributed by atoms with E-state index in [1.165, 1.54) is 10.6 Å². The van der Waals surface area contributed by atoms with Crippen LogP contribution in [0.1, 0.15) is 10.4 Å². The van der Waals surface area contributed by atoms with E-state index in [0.717, 1.165) is 5.30 Å². The molecule has 0 fully saturated rings. The van der Waals surface area contributed by atoms with Gasteiger partial charge in [-0.2, -0.15) is 0 Å². The molecule has 0 aliphatic heterocycles. The molecule has 3 aromatic rings. The van der Waals surface area contributed by atoms with Gasteiger partial charge in [0.2, 0.25) is 0 Å². The summed E-state index contributed by atoms with van der Waals surface area (Å²) in [4.78, 5) is 12.5. The molecular weight excluding hydrogens is 327 g/mol. The van der Waals surface area contributed by atoms with Crippen molar-refractivity contribution in [2.24, 2.45) is 0 Å². The molecule has 0 saturated heterocycles. The van der Waals surface area contributed by atoms with Crippen LogP contribution in [0.4, 0.5) is 0 Å². The number of hydrogen-bond donors (Lipinski definition) is 0. The molecule has 0 heterocycles. The van der Waals surface area contributed by atoms with Crippen LogP contribution in [0.3, 0.4) is 0 Å². The molecule has 0 spiro atoms. The number of hydrogen-bond acceptors (Lipinski definition) is 2. The van der Waals surface area contributed by atoms with Gasteiger partial charge in [-0.3, -0.25) is 0 Å². The zero-order chi connectivity index (χ0) is 17.5. The number of carbonyl (C=O) groups is 1. The summed E-state index contributed by atoms with van der Waals surface area (Å²) in [6.45, 7) is 3.82. The smallest absolute Gasteiger partial charge is 0.339 e. The topological polar surface area (TPSA) is 26.3 Å². The van der Waals surface area contributed by atoms with Crippen molar-refractivity contribution in [3.63, 3.8) is 0 Å². The van der Waals surface area contributed by atoms with E-state index in [9.17, 15) is 4.79 Å². The maximum absolute atomic E-state index is 12.5. The van der Waals surface area contributed by atoms with Crippen LogP contribution in [0.2, 0.25) is 0 Å². The summed E-state index contributed by atoms with van der Waals surface area (Å²) in [5, 5.41) is 3.41. The molecule has 0 bridgehead atoms. The van der Waals surface area contributed by atoms with Gasteiger partial charge in [-0.1, -0.05) is 91.5 Å².